The fraction of sp³-hybridized carbons (Fsp3) is 0.400. The molecule has 7 nitrogen and oxygen atoms in total. The van der Waals surface area contributed by atoms with Gasteiger partial charge in [-0.05, 0) is 36.6 Å². The summed E-state index contributed by atoms with van der Waals surface area (Å²) in [6.07, 6.45) is 7.75. The molecule has 2 aromatic carbocycles. The van der Waals surface area contributed by atoms with Crippen LogP contribution in [-0.4, -0.2) is 73.6 Å². The number of aryl methyl sites for hydroxylation is 1. The minimum absolute atomic E-state index is 0.780. The molecule has 1 saturated heterocycles. The molecule has 1 aliphatic heterocycles. The van der Waals surface area contributed by atoms with Crippen molar-refractivity contribution in [1.29, 1.82) is 0 Å². The van der Waals surface area contributed by atoms with E-state index in [0.29, 0.717) is 0 Å². The molecule has 0 atom stereocenters. The normalized spacial score (nSPS) is 15.5. The Labute approximate surface area is 189 Å². The summed E-state index contributed by atoms with van der Waals surface area (Å²) in [6, 6.07) is 17.4. The molecule has 32 heavy (non-hydrogen) atoms. The van der Waals surface area contributed by atoms with Crippen LogP contribution in [0.25, 0.3) is 10.9 Å². The van der Waals surface area contributed by atoms with Crippen molar-refractivity contribution >= 4 is 10.9 Å². The Morgan fingerprint density at radius 1 is 0.750 bits per heavy atom. The van der Waals surface area contributed by atoms with Crippen LogP contribution in [0.15, 0.2) is 67.4 Å². The van der Waals surface area contributed by atoms with Gasteiger partial charge in [0.15, 0.2) is 0 Å². The van der Waals surface area contributed by atoms with Gasteiger partial charge in [-0.3, -0.25) is 4.68 Å². The molecule has 1 aliphatic rings. The third kappa shape index (κ3) is 5.23. The number of rotatable bonds is 9. The first-order valence-electron chi connectivity index (χ1n) is 11.6. The van der Waals surface area contributed by atoms with Gasteiger partial charge >= 0.3 is 0 Å². The number of hydrogen-bond acceptors (Lipinski definition) is 5. The van der Waals surface area contributed by atoms with Crippen molar-refractivity contribution in [2.45, 2.75) is 25.9 Å². The molecule has 0 spiro atoms. The van der Waals surface area contributed by atoms with E-state index in [1.807, 2.05) is 10.8 Å². The standard InChI is InChI=1S/C25H31N7/c1-2-5-22(6-3-1)9-12-30-15-13-29(14-16-30)10-4-11-32-25-17-23(7-8-24(25)18-28-32)19-31-20-26-27-21-31/h1-3,5-8,17-18,20-21H,4,9-16,19H2. The van der Waals surface area contributed by atoms with E-state index < -0.39 is 0 Å². The molecular formula is C25H31N7. The number of aromatic nitrogens is 5. The van der Waals surface area contributed by atoms with Gasteiger partial charge in [0.05, 0.1) is 18.3 Å². The van der Waals surface area contributed by atoms with Crippen LogP contribution in [0.4, 0.5) is 0 Å². The van der Waals surface area contributed by atoms with E-state index >= 15 is 0 Å². The maximum atomic E-state index is 4.64. The first-order chi connectivity index (χ1) is 15.8. The molecule has 3 heterocycles. The quantitative estimate of drug-likeness (QED) is 0.410. The Morgan fingerprint density at radius 3 is 2.28 bits per heavy atom. The summed E-state index contributed by atoms with van der Waals surface area (Å²) in [5.74, 6) is 0. The summed E-state index contributed by atoms with van der Waals surface area (Å²) >= 11 is 0. The second-order valence-electron chi connectivity index (χ2n) is 8.67. The molecule has 1 fully saturated rings. The molecule has 0 radical (unpaired) electrons. The number of nitrogens with zero attached hydrogens (tertiary/aromatic N) is 7. The van der Waals surface area contributed by atoms with Gasteiger partial charge in [0.2, 0.25) is 0 Å². The van der Waals surface area contributed by atoms with Crippen LogP contribution in [0.3, 0.4) is 0 Å². The van der Waals surface area contributed by atoms with Crippen LogP contribution in [0.2, 0.25) is 0 Å². The smallest absolute Gasteiger partial charge is 0.119 e. The third-order valence-electron chi connectivity index (χ3n) is 6.41. The zero-order chi connectivity index (χ0) is 21.6. The highest BCUT2D eigenvalue weighted by molar-refractivity contribution is 5.79. The lowest BCUT2D eigenvalue weighted by Crippen LogP contribution is -2.47. The molecule has 7 heteroatoms. The Morgan fingerprint density at radius 2 is 1.50 bits per heavy atom. The Hall–Kier alpha value is -3.03. The van der Waals surface area contributed by atoms with E-state index in [9.17, 15) is 0 Å². The third-order valence-corrected chi connectivity index (χ3v) is 6.41. The van der Waals surface area contributed by atoms with Crippen molar-refractivity contribution in [1.82, 2.24) is 34.3 Å². The average Bonchev–Trinajstić information content (AvgIpc) is 3.49. The maximum Gasteiger partial charge on any atom is 0.119 e. The van der Waals surface area contributed by atoms with Gasteiger partial charge < -0.3 is 14.4 Å². The molecule has 4 aromatic rings. The van der Waals surface area contributed by atoms with Crippen LogP contribution in [0.1, 0.15) is 17.5 Å². The van der Waals surface area contributed by atoms with Crippen molar-refractivity contribution < 1.29 is 0 Å². The molecule has 0 aliphatic carbocycles. The monoisotopic (exact) mass is 429 g/mol. The van der Waals surface area contributed by atoms with Crippen LogP contribution < -0.4 is 0 Å². The highest BCUT2D eigenvalue weighted by Crippen LogP contribution is 2.17. The van der Waals surface area contributed by atoms with Gasteiger partial charge in [-0.2, -0.15) is 5.10 Å². The molecule has 2 aromatic heterocycles. The molecule has 0 amide bonds. The summed E-state index contributed by atoms with van der Waals surface area (Å²) in [4.78, 5) is 5.20. The van der Waals surface area contributed by atoms with E-state index in [4.69, 9.17) is 0 Å². The maximum absolute atomic E-state index is 4.64. The lowest BCUT2D eigenvalue weighted by atomic mass is 10.1. The van der Waals surface area contributed by atoms with Crippen LogP contribution in [0, 0.1) is 0 Å². The van der Waals surface area contributed by atoms with E-state index in [1.165, 1.54) is 35.1 Å². The minimum Gasteiger partial charge on any atom is -0.316 e. The number of benzene rings is 2. The van der Waals surface area contributed by atoms with Crippen molar-refractivity contribution in [2.24, 2.45) is 0 Å². The lowest BCUT2D eigenvalue weighted by molar-refractivity contribution is 0.131. The molecule has 166 valence electrons. The van der Waals surface area contributed by atoms with Gasteiger partial charge in [0, 0.05) is 44.7 Å². The van der Waals surface area contributed by atoms with Gasteiger partial charge in [-0.15, -0.1) is 10.2 Å². The number of piperazine rings is 1. The second-order valence-corrected chi connectivity index (χ2v) is 8.67. The van der Waals surface area contributed by atoms with Crippen LogP contribution in [-0.2, 0) is 19.5 Å². The summed E-state index contributed by atoms with van der Waals surface area (Å²) in [5, 5.41) is 13.6. The van der Waals surface area contributed by atoms with Crippen molar-refractivity contribution in [2.75, 3.05) is 39.3 Å². The Balaban J connectivity index is 1.08. The Kier molecular flexibility index (Phi) is 6.55. The predicted molar refractivity (Wildman–Crippen MR) is 127 cm³/mol. The van der Waals surface area contributed by atoms with E-state index in [1.54, 1.807) is 12.7 Å². The van der Waals surface area contributed by atoms with E-state index in [0.717, 1.165) is 52.1 Å². The van der Waals surface area contributed by atoms with Crippen molar-refractivity contribution in [3.05, 3.63) is 78.5 Å². The van der Waals surface area contributed by atoms with Gasteiger partial charge in [0.1, 0.15) is 12.7 Å². The predicted octanol–water partition coefficient (Wildman–Crippen LogP) is 2.93. The summed E-state index contributed by atoms with van der Waals surface area (Å²) < 4.78 is 4.14. The SMILES string of the molecule is c1ccc(CCN2CCN(CCCn3ncc4ccc(Cn5cnnc5)cc43)CC2)cc1. The zero-order valence-corrected chi connectivity index (χ0v) is 18.6. The number of hydrogen-bond donors (Lipinski definition) is 0. The fourth-order valence-corrected chi connectivity index (χ4v) is 4.52. The topological polar surface area (TPSA) is 55.0 Å². The largest absolute Gasteiger partial charge is 0.316 e. The molecule has 0 bridgehead atoms. The average molecular weight is 430 g/mol. The van der Waals surface area contributed by atoms with Crippen LogP contribution >= 0.6 is 0 Å². The Bertz CT molecular complexity index is 1100. The highest BCUT2D eigenvalue weighted by Gasteiger charge is 2.16. The molecule has 0 unspecified atom stereocenters. The summed E-state index contributed by atoms with van der Waals surface area (Å²) in [7, 11) is 0. The first-order valence-corrected chi connectivity index (χ1v) is 11.6. The minimum atomic E-state index is 0.780. The molecule has 5 rings (SSSR count). The fourth-order valence-electron chi connectivity index (χ4n) is 4.52. The number of fused-ring (bicyclic) bond motifs is 1. The highest BCUT2D eigenvalue weighted by atomic mass is 15.3. The van der Waals surface area contributed by atoms with E-state index in [2.05, 4.69) is 78.3 Å². The zero-order valence-electron chi connectivity index (χ0n) is 18.6. The lowest BCUT2D eigenvalue weighted by Gasteiger charge is -2.34. The van der Waals surface area contributed by atoms with Crippen LogP contribution in [0.5, 0.6) is 0 Å². The van der Waals surface area contributed by atoms with Gasteiger partial charge in [-0.1, -0.05) is 42.5 Å². The molecular weight excluding hydrogens is 398 g/mol. The van der Waals surface area contributed by atoms with Crippen molar-refractivity contribution in [3.63, 3.8) is 0 Å². The first kappa shape index (κ1) is 20.8. The summed E-state index contributed by atoms with van der Waals surface area (Å²) in [5.41, 5.74) is 3.89. The molecule has 0 saturated carbocycles. The van der Waals surface area contributed by atoms with Gasteiger partial charge in [-0.25, -0.2) is 0 Å². The van der Waals surface area contributed by atoms with E-state index in [-0.39, 0.29) is 0 Å². The summed E-state index contributed by atoms with van der Waals surface area (Å²) in [6.45, 7) is 8.70. The van der Waals surface area contributed by atoms with Crippen molar-refractivity contribution in [3.8, 4) is 0 Å². The second kappa shape index (κ2) is 10.1. The molecule has 0 N–H and O–H groups in total. The van der Waals surface area contributed by atoms with Gasteiger partial charge in [0.25, 0.3) is 0 Å².